The van der Waals surface area contributed by atoms with Gasteiger partial charge in [0.2, 0.25) is 0 Å². The normalized spacial score (nSPS) is 20.8. The molecule has 1 aliphatic rings. The van der Waals surface area contributed by atoms with Gasteiger partial charge in [0.1, 0.15) is 5.84 Å². The Labute approximate surface area is 120 Å². The summed E-state index contributed by atoms with van der Waals surface area (Å²) < 4.78 is 0. The zero-order valence-electron chi connectivity index (χ0n) is 11.7. The maximum atomic E-state index is 8.77. The molecule has 2 atom stereocenters. The van der Waals surface area contributed by atoms with E-state index < -0.39 is 0 Å². The summed E-state index contributed by atoms with van der Waals surface area (Å²) in [6.45, 7) is 0.961. The van der Waals surface area contributed by atoms with E-state index >= 15 is 0 Å². The quantitative estimate of drug-likeness (QED) is 0.245. The van der Waals surface area contributed by atoms with Gasteiger partial charge in [-0.05, 0) is 37.3 Å². The van der Waals surface area contributed by atoms with Crippen LogP contribution in [0.4, 0.5) is 0 Å². The number of nitrogens with zero attached hydrogens (tertiary/aromatic N) is 1. The van der Waals surface area contributed by atoms with Crippen molar-refractivity contribution in [2.75, 3.05) is 6.54 Å². The number of oxime groups is 1. The van der Waals surface area contributed by atoms with Crippen molar-refractivity contribution in [2.45, 2.75) is 31.7 Å². The molecule has 1 aliphatic carbocycles. The minimum atomic E-state index is 0.0954. The first-order chi connectivity index (χ1) is 9.79. The van der Waals surface area contributed by atoms with Crippen LogP contribution < -0.4 is 11.1 Å². The van der Waals surface area contributed by atoms with Crippen LogP contribution in [0.5, 0.6) is 0 Å². The van der Waals surface area contributed by atoms with Crippen LogP contribution >= 0.6 is 0 Å². The number of hydrogen-bond donors (Lipinski definition) is 3. The number of nitrogens with one attached hydrogen (secondary N) is 1. The first-order valence-electron chi connectivity index (χ1n) is 7.19. The third-order valence-corrected chi connectivity index (χ3v) is 3.77. The average Bonchev–Trinajstić information content (AvgIpc) is 2.53. The van der Waals surface area contributed by atoms with Crippen molar-refractivity contribution < 1.29 is 5.21 Å². The Balaban J connectivity index is 1.97. The van der Waals surface area contributed by atoms with E-state index in [4.69, 9.17) is 10.9 Å². The van der Waals surface area contributed by atoms with Gasteiger partial charge in [-0.25, -0.2) is 0 Å². The van der Waals surface area contributed by atoms with E-state index in [1.165, 1.54) is 18.4 Å². The number of rotatable bonds is 6. The van der Waals surface area contributed by atoms with Gasteiger partial charge >= 0.3 is 0 Å². The zero-order valence-corrected chi connectivity index (χ0v) is 11.7. The summed E-state index contributed by atoms with van der Waals surface area (Å²) in [6, 6.07) is 10.3. The van der Waals surface area contributed by atoms with Crippen LogP contribution in [-0.2, 0) is 0 Å². The Morgan fingerprint density at radius 2 is 2.15 bits per heavy atom. The van der Waals surface area contributed by atoms with Crippen molar-refractivity contribution in [2.24, 2.45) is 16.8 Å². The van der Waals surface area contributed by atoms with Crippen LogP contribution in [0.2, 0.25) is 0 Å². The van der Waals surface area contributed by atoms with E-state index in [1.54, 1.807) is 0 Å². The fourth-order valence-corrected chi connectivity index (χ4v) is 2.59. The van der Waals surface area contributed by atoms with Crippen molar-refractivity contribution in [3.05, 3.63) is 48.0 Å². The number of benzene rings is 1. The number of amidine groups is 1. The first kappa shape index (κ1) is 14.6. The Bertz CT molecular complexity index is 456. The second-order valence-electron chi connectivity index (χ2n) is 5.32. The highest BCUT2D eigenvalue weighted by Crippen LogP contribution is 2.21. The molecule has 0 aliphatic heterocycles. The molecule has 1 aromatic carbocycles. The van der Waals surface area contributed by atoms with E-state index in [9.17, 15) is 0 Å². The molecule has 0 radical (unpaired) electrons. The monoisotopic (exact) mass is 273 g/mol. The summed E-state index contributed by atoms with van der Waals surface area (Å²) in [7, 11) is 0. The molecule has 2 unspecified atom stereocenters. The molecule has 4 nitrogen and oxygen atoms in total. The summed E-state index contributed by atoms with van der Waals surface area (Å²) in [5.74, 6) is 0.938. The molecular formula is C16H23N3O. The van der Waals surface area contributed by atoms with Crippen molar-refractivity contribution >= 4 is 5.84 Å². The molecule has 20 heavy (non-hydrogen) atoms. The van der Waals surface area contributed by atoms with Crippen LogP contribution in [0.15, 0.2) is 47.6 Å². The van der Waals surface area contributed by atoms with Gasteiger partial charge in [0.15, 0.2) is 0 Å². The van der Waals surface area contributed by atoms with Gasteiger partial charge in [0.25, 0.3) is 0 Å². The highest BCUT2D eigenvalue weighted by Gasteiger charge is 2.16. The highest BCUT2D eigenvalue weighted by atomic mass is 16.4. The van der Waals surface area contributed by atoms with Crippen LogP contribution in [0.3, 0.4) is 0 Å². The number of nitrogens with two attached hydrogens (primary N) is 1. The molecule has 108 valence electrons. The molecule has 0 bridgehead atoms. The molecule has 0 amide bonds. The fourth-order valence-electron chi connectivity index (χ4n) is 2.59. The maximum Gasteiger partial charge on any atom is 0.141 e. The van der Waals surface area contributed by atoms with Crippen molar-refractivity contribution in [1.29, 1.82) is 0 Å². The second kappa shape index (κ2) is 7.70. The number of hydrogen-bond acceptors (Lipinski definition) is 3. The van der Waals surface area contributed by atoms with Crippen molar-refractivity contribution in [3.63, 3.8) is 0 Å². The van der Waals surface area contributed by atoms with Gasteiger partial charge in [-0.3, -0.25) is 0 Å². The SMILES string of the molecule is NC(CC(NCC1CC=CCC1)c1ccccc1)=NO. The summed E-state index contributed by atoms with van der Waals surface area (Å²) in [6.07, 6.45) is 8.57. The Morgan fingerprint density at radius 3 is 2.80 bits per heavy atom. The average molecular weight is 273 g/mol. The predicted molar refractivity (Wildman–Crippen MR) is 81.7 cm³/mol. The van der Waals surface area contributed by atoms with Gasteiger partial charge in [-0.1, -0.05) is 47.6 Å². The molecule has 2 rings (SSSR count). The van der Waals surface area contributed by atoms with E-state index in [0.717, 1.165) is 13.0 Å². The van der Waals surface area contributed by atoms with E-state index in [1.807, 2.05) is 18.2 Å². The molecule has 4 N–H and O–H groups in total. The molecule has 0 fully saturated rings. The zero-order chi connectivity index (χ0) is 14.2. The summed E-state index contributed by atoms with van der Waals surface area (Å²) in [5, 5.41) is 15.4. The lowest BCUT2D eigenvalue weighted by atomic mass is 9.93. The summed E-state index contributed by atoms with van der Waals surface area (Å²) in [5.41, 5.74) is 6.84. The maximum absolute atomic E-state index is 8.77. The standard InChI is InChI=1S/C16H23N3O/c17-16(19-20)11-15(14-9-5-2-6-10-14)18-12-13-7-3-1-4-8-13/h1-3,5-6,9-10,13,15,18,20H,4,7-8,11-12H2,(H2,17,19). The second-order valence-corrected chi connectivity index (χ2v) is 5.32. The van der Waals surface area contributed by atoms with Crippen LogP contribution in [-0.4, -0.2) is 17.6 Å². The van der Waals surface area contributed by atoms with Gasteiger partial charge in [-0.2, -0.15) is 0 Å². The highest BCUT2D eigenvalue weighted by molar-refractivity contribution is 5.80. The summed E-state index contributed by atoms with van der Waals surface area (Å²) in [4.78, 5) is 0. The predicted octanol–water partition coefficient (Wildman–Crippen LogP) is 2.81. The molecule has 0 saturated heterocycles. The van der Waals surface area contributed by atoms with E-state index in [-0.39, 0.29) is 11.9 Å². The van der Waals surface area contributed by atoms with Crippen molar-refractivity contribution in [1.82, 2.24) is 5.32 Å². The molecule has 1 aromatic rings. The third kappa shape index (κ3) is 4.38. The van der Waals surface area contributed by atoms with Crippen LogP contribution in [0.25, 0.3) is 0 Å². The lowest BCUT2D eigenvalue weighted by Gasteiger charge is -2.24. The molecule has 0 spiro atoms. The number of allylic oxidation sites excluding steroid dienone is 2. The van der Waals surface area contributed by atoms with Crippen LogP contribution in [0.1, 0.15) is 37.3 Å². The topological polar surface area (TPSA) is 70.6 Å². The van der Waals surface area contributed by atoms with Crippen LogP contribution in [0, 0.1) is 5.92 Å². The largest absolute Gasteiger partial charge is 0.409 e. The smallest absolute Gasteiger partial charge is 0.141 e. The molecule has 0 saturated carbocycles. The van der Waals surface area contributed by atoms with E-state index in [0.29, 0.717) is 12.3 Å². The van der Waals surface area contributed by atoms with Gasteiger partial charge in [-0.15, -0.1) is 0 Å². The summed E-state index contributed by atoms with van der Waals surface area (Å²) >= 11 is 0. The lowest BCUT2D eigenvalue weighted by Crippen LogP contribution is -2.31. The molecule has 0 aromatic heterocycles. The van der Waals surface area contributed by atoms with Gasteiger partial charge < -0.3 is 16.3 Å². The minimum absolute atomic E-state index is 0.0954. The minimum Gasteiger partial charge on any atom is -0.409 e. The van der Waals surface area contributed by atoms with Crippen molar-refractivity contribution in [3.8, 4) is 0 Å². The Morgan fingerprint density at radius 1 is 1.35 bits per heavy atom. The van der Waals surface area contributed by atoms with E-state index in [2.05, 4.69) is 34.8 Å². The molecule has 0 heterocycles. The Kier molecular flexibility index (Phi) is 5.62. The van der Waals surface area contributed by atoms with Gasteiger partial charge in [0.05, 0.1) is 0 Å². The Hall–Kier alpha value is -1.81. The van der Waals surface area contributed by atoms with Gasteiger partial charge in [0, 0.05) is 12.5 Å². The first-order valence-corrected chi connectivity index (χ1v) is 7.19. The molecular weight excluding hydrogens is 250 g/mol. The third-order valence-electron chi connectivity index (χ3n) is 3.77. The molecule has 4 heteroatoms. The lowest BCUT2D eigenvalue weighted by molar-refractivity contribution is 0.315. The fraction of sp³-hybridized carbons (Fsp3) is 0.438.